The molecule has 0 aromatic carbocycles. The van der Waals surface area contributed by atoms with Gasteiger partial charge in [-0.05, 0) is 38.9 Å². The fourth-order valence-corrected chi connectivity index (χ4v) is 2.27. The molecule has 0 radical (unpaired) electrons. The average molecular weight is 278 g/mol. The van der Waals surface area contributed by atoms with Gasteiger partial charge in [0.05, 0.1) is 0 Å². The van der Waals surface area contributed by atoms with Crippen molar-refractivity contribution in [2.24, 2.45) is 0 Å². The standard InChI is InChI=1S/C9H19N.C7H16.ClH/c1-2-3-4-7-10-8-5-6-9-10;1-3-5-7-6-4-2;/h2-9H2,1H3;3-7H2,1-2H3;1H. The molecule has 0 amide bonds. The third-order valence-corrected chi connectivity index (χ3v) is 3.48. The average Bonchev–Trinajstić information content (AvgIpc) is 2.84. The summed E-state index contributed by atoms with van der Waals surface area (Å²) in [5.74, 6) is 0. The van der Waals surface area contributed by atoms with Crippen molar-refractivity contribution in [2.75, 3.05) is 19.6 Å². The fourth-order valence-electron chi connectivity index (χ4n) is 2.27. The molecule has 112 valence electrons. The van der Waals surface area contributed by atoms with Crippen LogP contribution in [0.25, 0.3) is 0 Å². The molecule has 2 heteroatoms. The summed E-state index contributed by atoms with van der Waals surface area (Å²) in [6.45, 7) is 10.8. The molecule has 1 fully saturated rings. The quantitative estimate of drug-likeness (QED) is 0.517. The van der Waals surface area contributed by atoms with Crippen LogP contribution < -0.4 is 0 Å². The highest BCUT2D eigenvalue weighted by atomic mass is 35.5. The van der Waals surface area contributed by atoms with Crippen LogP contribution in [0.2, 0.25) is 0 Å². The summed E-state index contributed by atoms with van der Waals surface area (Å²) in [5, 5.41) is 0. The molecule has 0 aromatic heterocycles. The van der Waals surface area contributed by atoms with Gasteiger partial charge in [0, 0.05) is 0 Å². The van der Waals surface area contributed by atoms with E-state index in [0.29, 0.717) is 0 Å². The van der Waals surface area contributed by atoms with E-state index >= 15 is 0 Å². The summed E-state index contributed by atoms with van der Waals surface area (Å²) in [5.41, 5.74) is 0. The minimum atomic E-state index is 0. The van der Waals surface area contributed by atoms with Crippen LogP contribution in [0.5, 0.6) is 0 Å². The van der Waals surface area contributed by atoms with Gasteiger partial charge < -0.3 is 4.90 Å². The lowest BCUT2D eigenvalue weighted by atomic mass is 10.2. The molecule has 0 saturated carbocycles. The van der Waals surface area contributed by atoms with Gasteiger partial charge in [-0.15, -0.1) is 12.4 Å². The molecule has 1 aliphatic heterocycles. The van der Waals surface area contributed by atoms with E-state index in [1.807, 2.05) is 0 Å². The summed E-state index contributed by atoms with van der Waals surface area (Å²) in [6, 6.07) is 0. The number of hydrogen-bond acceptors (Lipinski definition) is 1. The van der Waals surface area contributed by atoms with Crippen LogP contribution in [-0.4, -0.2) is 24.5 Å². The molecular formula is C16H36ClN. The zero-order chi connectivity index (χ0) is 12.8. The lowest BCUT2D eigenvalue weighted by Gasteiger charge is -2.12. The van der Waals surface area contributed by atoms with Crippen LogP contribution in [0.4, 0.5) is 0 Å². The van der Waals surface area contributed by atoms with Gasteiger partial charge in [-0.25, -0.2) is 0 Å². The second kappa shape index (κ2) is 17.2. The molecule has 1 rings (SSSR count). The predicted molar refractivity (Wildman–Crippen MR) is 86.9 cm³/mol. The highest BCUT2D eigenvalue weighted by Gasteiger charge is 2.09. The Kier molecular flexibility index (Phi) is 19.7. The minimum Gasteiger partial charge on any atom is -0.303 e. The van der Waals surface area contributed by atoms with Crippen LogP contribution in [0.3, 0.4) is 0 Å². The molecular weight excluding hydrogens is 242 g/mol. The molecule has 0 bridgehead atoms. The molecule has 0 aliphatic carbocycles. The first-order valence-corrected chi connectivity index (χ1v) is 8.07. The number of rotatable bonds is 8. The van der Waals surface area contributed by atoms with E-state index in [-0.39, 0.29) is 12.4 Å². The molecule has 18 heavy (non-hydrogen) atoms. The monoisotopic (exact) mass is 277 g/mol. The van der Waals surface area contributed by atoms with Crippen molar-refractivity contribution in [3.63, 3.8) is 0 Å². The molecule has 0 atom stereocenters. The normalized spacial score (nSPS) is 14.8. The Morgan fingerprint density at radius 3 is 1.56 bits per heavy atom. The van der Waals surface area contributed by atoms with Crippen molar-refractivity contribution < 1.29 is 0 Å². The van der Waals surface area contributed by atoms with Crippen LogP contribution >= 0.6 is 12.4 Å². The van der Waals surface area contributed by atoms with E-state index in [4.69, 9.17) is 0 Å². The summed E-state index contributed by atoms with van der Waals surface area (Å²) in [7, 11) is 0. The van der Waals surface area contributed by atoms with Crippen LogP contribution in [-0.2, 0) is 0 Å². The Balaban J connectivity index is 0. The summed E-state index contributed by atoms with van der Waals surface area (Å²) in [6.07, 6.45) is 14.1. The van der Waals surface area contributed by atoms with Gasteiger partial charge >= 0.3 is 0 Å². The van der Waals surface area contributed by atoms with Gasteiger partial charge in [-0.3, -0.25) is 0 Å². The maximum atomic E-state index is 2.59. The van der Waals surface area contributed by atoms with Crippen molar-refractivity contribution in [1.29, 1.82) is 0 Å². The smallest absolute Gasteiger partial charge is 0.00183 e. The third-order valence-electron chi connectivity index (χ3n) is 3.48. The highest BCUT2D eigenvalue weighted by molar-refractivity contribution is 5.85. The first kappa shape index (κ1) is 20.6. The molecule has 0 N–H and O–H groups in total. The molecule has 0 spiro atoms. The third kappa shape index (κ3) is 14.3. The van der Waals surface area contributed by atoms with E-state index in [1.54, 1.807) is 0 Å². The maximum Gasteiger partial charge on any atom is -0.00183 e. The van der Waals surface area contributed by atoms with E-state index < -0.39 is 0 Å². The molecule has 1 saturated heterocycles. The summed E-state index contributed by atoms with van der Waals surface area (Å²) < 4.78 is 0. The van der Waals surface area contributed by atoms with Crippen LogP contribution in [0.15, 0.2) is 0 Å². The van der Waals surface area contributed by atoms with E-state index in [2.05, 4.69) is 25.7 Å². The van der Waals surface area contributed by atoms with E-state index in [0.717, 1.165) is 0 Å². The van der Waals surface area contributed by atoms with Gasteiger partial charge in [0.2, 0.25) is 0 Å². The largest absolute Gasteiger partial charge is 0.303 e. The van der Waals surface area contributed by atoms with Gasteiger partial charge in [0.25, 0.3) is 0 Å². The van der Waals surface area contributed by atoms with Crippen LogP contribution in [0.1, 0.15) is 85.0 Å². The first-order chi connectivity index (χ1) is 8.35. The van der Waals surface area contributed by atoms with Gasteiger partial charge in [0.1, 0.15) is 0 Å². The maximum absolute atomic E-state index is 2.59. The number of unbranched alkanes of at least 4 members (excludes halogenated alkanes) is 6. The Hall–Kier alpha value is 0.250. The summed E-state index contributed by atoms with van der Waals surface area (Å²) in [4.78, 5) is 2.59. The zero-order valence-electron chi connectivity index (χ0n) is 13.0. The molecule has 0 unspecified atom stereocenters. The predicted octanol–water partition coefficient (Wildman–Crippen LogP) is 5.67. The number of hydrogen-bond donors (Lipinski definition) is 0. The Labute approximate surface area is 122 Å². The van der Waals surface area contributed by atoms with Crippen molar-refractivity contribution in [3.8, 4) is 0 Å². The highest BCUT2D eigenvalue weighted by Crippen LogP contribution is 2.08. The Morgan fingerprint density at radius 2 is 1.11 bits per heavy atom. The summed E-state index contributed by atoms with van der Waals surface area (Å²) >= 11 is 0. The van der Waals surface area contributed by atoms with Crippen molar-refractivity contribution in [2.45, 2.75) is 85.0 Å². The Bertz CT molecular complexity index is 129. The molecule has 1 heterocycles. The molecule has 1 nitrogen and oxygen atoms in total. The minimum absolute atomic E-state index is 0. The van der Waals surface area contributed by atoms with E-state index in [9.17, 15) is 0 Å². The van der Waals surface area contributed by atoms with Crippen molar-refractivity contribution >= 4 is 12.4 Å². The van der Waals surface area contributed by atoms with Crippen LogP contribution in [0, 0.1) is 0 Å². The molecule has 1 aliphatic rings. The fraction of sp³-hybridized carbons (Fsp3) is 1.00. The SMILES string of the molecule is CCCCCCC.CCCCCN1CCCC1.Cl. The van der Waals surface area contributed by atoms with Gasteiger partial charge in [0.15, 0.2) is 0 Å². The first-order valence-electron chi connectivity index (χ1n) is 8.07. The number of likely N-dealkylation sites (tertiary alicyclic amines) is 1. The number of nitrogens with zero attached hydrogens (tertiary/aromatic N) is 1. The lowest BCUT2D eigenvalue weighted by molar-refractivity contribution is 0.329. The van der Waals surface area contributed by atoms with E-state index in [1.165, 1.54) is 83.8 Å². The topological polar surface area (TPSA) is 3.24 Å². The second-order valence-corrected chi connectivity index (χ2v) is 5.32. The van der Waals surface area contributed by atoms with Crippen molar-refractivity contribution in [3.05, 3.63) is 0 Å². The molecule has 0 aromatic rings. The zero-order valence-corrected chi connectivity index (χ0v) is 13.9. The number of halogens is 1. The van der Waals surface area contributed by atoms with Gasteiger partial charge in [-0.1, -0.05) is 65.7 Å². The second-order valence-electron chi connectivity index (χ2n) is 5.32. The van der Waals surface area contributed by atoms with Gasteiger partial charge in [-0.2, -0.15) is 0 Å². The van der Waals surface area contributed by atoms with Crippen molar-refractivity contribution in [1.82, 2.24) is 4.90 Å². The lowest BCUT2D eigenvalue weighted by Crippen LogP contribution is -2.20. The Morgan fingerprint density at radius 1 is 0.667 bits per heavy atom.